The van der Waals surface area contributed by atoms with Gasteiger partial charge in [-0.2, -0.15) is 9.78 Å². The number of rotatable bonds is 6. The molecule has 2 aromatic carbocycles. The Bertz CT molecular complexity index is 1160. The number of aryl methyl sites for hydroxylation is 3. The molecule has 0 aliphatic carbocycles. The van der Waals surface area contributed by atoms with Crippen molar-refractivity contribution in [3.05, 3.63) is 71.4 Å². The Hall–Kier alpha value is -3.46. The van der Waals surface area contributed by atoms with Crippen molar-refractivity contribution in [3.63, 3.8) is 0 Å². The number of aromatic nitrogens is 6. The summed E-state index contributed by atoms with van der Waals surface area (Å²) >= 11 is 1.29. The highest BCUT2D eigenvalue weighted by Crippen LogP contribution is 2.24. The van der Waals surface area contributed by atoms with E-state index in [0.29, 0.717) is 11.0 Å². The second-order valence-electron chi connectivity index (χ2n) is 6.87. The van der Waals surface area contributed by atoms with Gasteiger partial charge in [0.25, 0.3) is 0 Å². The normalized spacial score (nSPS) is 10.9. The van der Waals surface area contributed by atoms with Gasteiger partial charge in [0, 0.05) is 6.07 Å². The van der Waals surface area contributed by atoms with Crippen LogP contribution < -0.4 is 5.32 Å². The maximum Gasteiger partial charge on any atom is 0.236 e. The minimum atomic E-state index is -0.159. The average Bonchev–Trinajstić information content (AvgIpc) is 3.33. The summed E-state index contributed by atoms with van der Waals surface area (Å²) in [6.45, 7) is 5.92. The minimum absolute atomic E-state index is 0.159. The van der Waals surface area contributed by atoms with E-state index in [0.717, 1.165) is 28.2 Å². The van der Waals surface area contributed by atoms with Crippen LogP contribution in [-0.4, -0.2) is 41.6 Å². The van der Waals surface area contributed by atoms with Crippen molar-refractivity contribution in [3.8, 4) is 11.4 Å². The molecule has 9 heteroatoms. The van der Waals surface area contributed by atoms with E-state index in [9.17, 15) is 4.79 Å². The molecule has 0 aliphatic rings. The highest BCUT2D eigenvalue weighted by Gasteiger charge is 2.16. The number of carbonyl (C=O) groups is 1. The molecule has 2 aromatic heterocycles. The fourth-order valence-electron chi connectivity index (χ4n) is 3.21. The monoisotopic (exact) mass is 419 g/mol. The van der Waals surface area contributed by atoms with Crippen molar-refractivity contribution in [2.24, 2.45) is 0 Å². The number of nitrogens with one attached hydrogen (secondary N) is 1. The number of nitrogens with zero attached hydrogens (tertiary/aromatic N) is 6. The zero-order chi connectivity index (χ0) is 21.1. The topological polar surface area (TPSA) is 90.5 Å². The number of hydrogen-bond donors (Lipinski definition) is 1. The van der Waals surface area contributed by atoms with Gasteiger partial charge in [-0.1, -0.05) is 48.2 Å². The van der Waals surface area contributed by atoms with Crippen LogP contribution in [0.3, 0.4) is 0 Å². The van der Waals surface area contributed by atoms with Gasteiger partial charge in [-0.25, -0.2) is 4.68 Å². The van der Waals surface area contributed by atoms with Crippen molar-refractivity contribution in [1.29, 1.82) is 0 Å². The van der Waals surface area contributed by atoms with Gasteiger partial charge < -0.3 is 5.32 Å². The maximum absolute atomic E-state index is 12.6. The van der Waals surface area contributed by atoms with Gasteiger partial charge in [-0.05, 0) is 54.5 Å². The highest BCUT2D eigenvalue weighted by molar-refractivity contribution is 7.99. The fourth-order valence-corrected chi connectivity index (χ4v) is 3.89. The molecule has 1 N–H and O–H groups in total. The quantitative estimate of drug-likeness (QED) is 0.481. The van der Waals surface area contributed by atoms with E-state index in [1.807, 2.05) is 75.4 Å². The Labute approximate surface area is 178 Å². The molecule has 8 nitrogen and oxygen atoms in total. The zero-order valence-electron chi connectivity index (χ0n) is 16.9. The first-order valence-corrected chi connectivity index (χ1v) is 10.4. The van der Waals surface area contributed by atoms with Gasteiger partial charge >= 0.3 is 0 Å². The van der Waals surface area contributed by atoms with E-state index in [4.69, 9.17) is 0 Å². The molecule has 30 heavy (non-hydrogen) atoms. The van der Waals surface area contributed by atoms with Crippen LogP contribution >= 0.6 is 11.8 Å². The lowest BCUT2D eigenvalue weighted by molar-refractivity contribution is -0.113. The van der Waals surface area contributed by atoms with E-state index in [1.165, 1.54) is 11.8 Å². The maximum atomic E-state index is 12.6. The molecular formula is C21H21N7OS. The van der Waals surface area contributed by atoms with Gasteiger partial charge in [0.1, 0.15) is 5.82 Å². The summed E-state index contributed by atoms with van der Waals surface area (Å²) < 4.78 is 3.40. The van der Waals surface area contributed by atoms with Crippen molar-refractivity contribution in [1.82, 2.24) is 30.0 Å². The first-order chi connectivity index (χ1) is 14.5. The van der Waals surface area contributed by atoms with Crippen LogP contribution in [0.5, 0.6) is 0 Å². The molecule has 4 rings (SSSR count). The van der Waals surface area contributed by atoms with E-state index < -0.39 is 0 Å². The number of tetrazole rings is 1. The summed E-state index contributed by atoms with van der Waals surface area (Å²) in [5.41, 5.74) is 4.77. The van der Waals surface area contributed by atoms with Crippen LogP contribution in [0.15, 0.2) is 59.8 Å². The zero-order valence-corrected chi connectivity index (χ0v) is 17.7. The Morgan fingerprint density at radius 3 is 2.47 bits per heavy atom. The van der Waals surface area contributed by atoms with Crippen LogP contribution in [0.1, 0.15) is 16.8 Å². The summed E-state index contributed by atoms with van der Waals surface area (Å²) in [4.78, 5) is 12.6. The largest absolute Gasteiger partial charge is 0.310 e. The molecule has 1 amide bonds. The Morgan fingerprint density at radius 2 is 1.73 bits per heavy atom. The molecule has 152 valence electrons. The number of para-hydroxylation sites is 2. The Balaban J connectivity index is 1.49. The molecule has 0 atom stereocenters. The molecule has 0 saturated carbocycles. The van der Waals surface area contributed by atoms with Gasteiger partial charge in [0.2, 0.25) is 11.1 Å². The van der Waals surface area contributed by atoms with E-state index in [1.54, 1.807) is 9.36 Å². The highest BCUT2D eigenvalue weighted by atomic mass is 32.2. The van der Waals surface area contributed by atoms with Gasteiger partial charge in [-0.15, -0.1) is 5.10 Å². The third-order valence-electron chi connectivity index (χ3n) is 4.52. The predicted octanol–water partition coefficient (Wildman–Crippen LogP) is 3.50. The molecule has 0 radical (unpaired) electrons. The van der Waals surface area contributed by atoms with Crippen molar-refractivity contribution in [2.75, 3.05) is 11.1 Å². The van der Waals surface area contributed by atoms with Crippen LogP contribution in [0.2, 0.25) is 0 Å². The summed E-state index contributed by atoms with van der Waals surface area (Å²) in [5, 5.41) is 20.0. The van der Waals surface area contributed by atoms with E-state index in [2.05, 4.69) is 25.9 Å². The second-order valence-corrected chi connectivity index (χ2v) is 7.81. The van der Waals surface area contributed by atoms with Gasteiger partial charge in [0.15, 0.2) is 0 Å². The number of benzene rings is 2. The van der Waals surface area contributed by atoms with Crippen LogP contribution in [0.25, 0.3) is 11.4 Å². The van der Waals surface area contributed by atoms with Gasteiger partial charge in [-0.3, -0.25) is 4.79 Å². The standard InChI is InChI=1S/C21H21N7OS/c1-14-8-7-9-15(2)20(14)28-21(23-25-26-28)30-13-19(29)22-18-12-16(3)24-27(18)17-10-5-4-6-11-17/h4-12H,13H2,1-3H3,(H,22,29). The number of carbonyl (C=O) groups excluding carboxylic acids is 1. The molecule has 0 saturated heterocycles. The molecule has 0 aliphatic heterocycles. The SMILES string of the molecule is Cc1cc(NC(=O)CSc2nnnn2-c2c(C)cccc2C)n(-c2ccccc2)n1. The smallest absolute Gasteiger partial charge is 0.236 e. The number of thioether (sulfide) groups is 1. The molecule has 0 fully saturated rings. The Kier molecular flexibility index (Phi) is 5.62. The van der Waals surface area contributed by atoms with Crippen molar-refractivity contribution < 1.29 is 4.79 Å². The second kappa shape index (κ2) is 8.50. The van der Waals surface area contributed by atoms with Gasteiger partial charge in [0.05, 0.1) is 22.8 Å². The van der Waals surface area contributed by atoms with Crippen molar-refractivity contribution >= 4 is 23.5 Å². The number of hydrogen-bond acceptors (Lipinski definition) is 6. The third kappa shape index (κ3) is 4.11. The van der Waals surface area contributed by atoms with E-state index in [-0.39, 0.29) is 11.7 Å². The first kappa shape index (κ1) is 19.8. The lowest BCUT2D eigenvalue weighted by Gasteiger charge is -2.11. The van der Waals surface area contributed by atoms with Crippen LogP contribution in [0, 0.1) is 20.8 Å². The third-order valence-corrected chi connectivity index (χ3v) is 5.44. The lowest BCUT2D eigenvalue weighted by atomic mass is 10.1. The number of amides is 1. The molecule has 0 unspecified atom stereocenters. The predicted molar refractivity (Wildman–Crippen MR) is 116 cm³/mol. The molecule has 2 heterocycles. The van der Waals surface area contributed by atoms with Crippen LogP contribution in [-0.2, 0) is 4.79 Å². The van der Waals surface area contributed by atoms with Crippen molar-refractivity contribution in [2.45, 2.75) is 25.9 Å². The lowest BCUT2D eigenvalue weighted by Crippen LogP contribution is -2.17. The molecule has 0 spiro atoms. The summed E-state index contributed by atoms with van der Waals surface area (Å²) in [7, 11) is 0. The summed E-state index contributed by atoms with van der Waals surface area (Å²) in [6.07, 6.45) is 0. The minimum Gasteiger partial charge on any atom is -0.310 e. The molecule has 4 aromatic rings. The molecule has 0 bridgehead atoms. The summed E-state index contributed by atoms with van der Waals surface area (Å²) in [5.74, 6) is 0.636. The number of anilines is 1. The first-order valence-electron chi connectivity index (χ1n) is 9.42. The average molecular weight is 420 g/mol. The molecular weight excluding hydrogens is 398 g/mol. The Morgan fingerprint density at radius 1 is 1.00 bits per heavy atom. The van der Waals surface area contributed by atoms with E-state index >= 15 is 0 Å². The summed E-state index contributed by atoms with van der Waals surface area (Å²) in [6, 6.07) is 17.5. The fraction of sp³-hybridized carbons (Fsp3) is 0.190. The van der Waals surface area contributed by atoms with Crippen LogP contribution in [0.4, 0.5) is 5.82 Å².